The lowest BCUT2D eigenvalue weighted by atomic mass is 10.0. The SMILES string of the molecule is CC(c1ccccc1)N1CCC(F)(F)CC1. The van der Waals surface area contributed by atoms with E-state index in [-0.39, 0.29) is 18.9 Å². The smallest absolute Gasteiger partial charge is 0.250 e. The molecule has 1 aliphatic rings. The molecule has 0 aliphatic carbocycles. The lowest BCUT2D eigenvalue weighted by Gasteiger charge is -2.36. The highest BCUT2D eigenvalue weighted by molar-refractivity contribution is 5.18. The van der Waals surface area contributed by atoms with Crippen molar-refractivity contribution in [3.05, 3.63) is 35.9 Å². The minimum atomic E-state index is -2.45. The highest BCUT2D eigenvalue weighted by Gasteiger charge is 2.35. The standard InChI is InChI=1S/C13H17F2N/c1-11(12-5-3-2-4-6-12)16-9-7-13(14,15)8-10-16/h2-6,11H,7-10H2,1H3. The summed E-state index contributed by atoms with van der Waals surface area (Å²) in [5.41, 5.74) is 1.20. The van der Waals surface area contributed by atoms with Gasteiger partial charge in [0.25, 0.3) is 5.92 Å². The van der Waals surface area contributed by atoms with E-state index in [4.69, 9.17) is 0 Å². The molecule has 3 heteroatoms. The van der Waals surface area contributed by atoms with Crippen LogP contribution in [-0.4, -0.2) is 23.9 Å². The minimum absolute atomic E-state index is 0.00975. The summed E-state index contributed by atoms with van der Waals surface area (Å²) in [5, 5.41) is 0. The molecular formula is C13H17F2N. The molecule has 0 amide bonds. The van der Waals surface area contributed by atoms with Gasteiger partial charge in [-0.2, -0.15) is 0 Å². The number of hydrogen-bond acceptors (Lipinski definition) is 1. The summed E-state index contributed by atoms with van der Waals surface area (Å²) < 4.78 is 26.0. The van der Waals surface area contributed by atoms with Crippen molar-refractivity contribution >= 4 is 0 Å². The molecule has 2 rings (SSSR count). The molecule has 1 nitrogen and oxygen atoms in total. The second kappa shape index (κ2) is 4.50. The van der Waals surface area contributed by atoms with Crippen LogP contribution in [0.25, 0.3) is 0 Å². The summed E-state index contributed by atoms with van der Waals surface area (Å²) in [6.07, 6.45) is -0.0195. The van der Waals surface area contributed by atoms with Gasteiger partial charge in [-0.15, -0.1) is 0 Å². The Morgan fingerprint density at radius 2 is 1.69 bits per heavy atom. The normalized spacial score (nSPS) is 22.9. The highest BCUT2D eigenvalue weighted by atomic mass is 19.3. The Morgan fingerprint density at radius 1 is 1.12 bits per heavy atom. The average Bonchev–Trinajstić information content (AvgIpc) is 2.29. The zero-order valence-electron chi connectivity index (χ0n) is 9.50. The first-order valence-corrected chi connectivity index (χ1v) is 5.75. The van der Waals surface area contributed by atoms with Crippen molar-refractivity contribution in [2.45, 2.75) is 31.7 Å². The Labute approximate surface area is 95.1 Å². The third kappa shape index (κ3) is 2.59. The summed E-state index contributed by atoms with van der Waals surface area (Å²) in [6.45, 7) is 3.06. The van der Waals surface area contributed by atoms with Gasteiger partial charge in [0.15, 0.2) is 0 Å². The molecule has 0 spiro atoms. The van der Waals surface area contributed by atoms with Crippen molar-refractivity contribution in [3.8, 4) is 0 Å². The summed E-state index contributed by atoms with van der Waals surface area (Å²) in [7, 11) is 0. The molecule has 1 atom stereocenters. The molecule has 0 aromatic heterocycles. The van der Waals surface area contributed by atoms with Gasteiger partial charge < -0.3 is 0 Å². The fourth-order valence-corrected chi connectivity index (χ4v) is 2.18. The molecule has 1 saturated heterocycles. The van der Waals surface area contributed by atoms with Crippen LogP contribution in [0.15, 0.2) is 30.3 Å². The summed E-state index contributed by atoms with van der Waals surface area (Å²) in [4.78, 5) is 2.13. The number of benzene rings is 1. The first kappa shape index (κ1) is 11.5. The first-order valence-electron chi connectivity index (χ1n) is 5.75. The molecular weight excluding hydrogens is 208 g/mol. The molecule has 1 aliphatic heterocycles. The molecule has 1 aromatic carbocycles. The van der Waals surface area contributed by atoms with E-state index in [1.807, 2.05) is 18.2 Å². The number of rotatable bonds is 2. The van der Waals surface area contributed by atoms with E-state index in [0.717, 1.165) is 0 Å². The van der Waals surface area contributed by atoms with Crippen LogP contribution in [0.1, 0.15) is 31.4 Å². The predicted octanol–water partition coefficient (Wildman–Crippen LogP) is 3.48. The molecule has 1 heterocycles. The molecule has 1 aromatic rings. The van der Waals surface area contributed by atoms with Crippen molar-refractivity contribution in [2.75, 3.05) is 13.1 Å². The Bertz CT molecular complexity index is 327. The minimum Gasteiger partial charge on any atom is -0.296 e. The van der Waals surface area contributed by atoms with Gasteiger partial charge in [0.2, 0.25) is 0 Å². The number of halogens is 2. The molecule has 0 bridgehead atoms. The summed E-state index contributed by atoms with van der Waals surface area (Å²) in [6, 6.07) is 10.3. The van der Waals surface area contributed by atoms with Crippen molar-refractivity contribution in [2.24, 2.45) is 0 Å². The lowest BCUT2D eigenvalue weighted by molar-refractivity contribution is -0.0620. The van der Waals surface area contributed by atoms with E-state index in [1.165, 1.54) is 5.56 Å². The van der Waals surface area contributed by atoms with Gasteiger partial charge in [-0.3, -0.25) is 4.90 Å². The zero-order chi connectivity index (χ0) is 11.6. The quantitative estimate of drug-likeness (QED) is 0.744. The maximum atomic E-state index is 13.0. The van der Waals surface area contributed by atoms with Crippen molar-refractivity contribution in [1.29, 1.82) is 0 Å². The van der Waals surface area contributed by atoms with Crippen LogP contribution < -0.4 is 0 Å². The molecule has 0 radical (unpaired) electrons. The molecule has 1 unspecified atom stereocenters. The Kier molecular flexibility index (Phi) is 3.24. The predicted molar refractivity (Wildman–Crippen MR) is 60.6 cm³/mol. The van der Waals surface area contributed by atoms with Gasteiger partial charge in [-0.05, 0) is 12.5 Å². The summed E-state index contributed by atoms with van der Waals surface area (Å²) >= 11 is 0. The van der Waals surface area contributed by atoms with Crippen molar-refractivity contribution in [3.63, 3.8) is 0 Å². The van der Waals surface area contributed by atoms with Gasteiger partial charge in [0, 0.05) is 32.0 Å². The van der Waals surface area contributed by atoms with Crippen LogP contribution in [0.5, 0.6) is 0 Å². The number of nitrogens with zero attached hydrogens (tertiary/aromatic N) is 1. The van der Waals surface area contributed by atoms with Gasteiger partial charge >= 0.3 is 0 Å². The van der Waals surface area contributed by atoms with Crippen LogP contribution in [0.3, 0.4) is 0 Å². The van der Waals surface area contributed by atoms with E-state index >= 15 is 0 Å². The third-order valence-electron chi connectivity index (χ3n) is 3.36. The number of alkyl halides is 2. The van der Waals surface area contributed by atoms with Crippen molar-refractivity contribution < 1.29 is 8.78 Å². The summed E-state index contributed by atoms with van der Waals surface area (Å²) in [5.74, 6) is -2.45. The molecule has 1 fully saturated rings. The highest BCUT2D eigenvalue weighted by Crippen LogP contribution is 2.31. The molecule has 0 saturated carbocycles. The molecule has 0 N–H and O–H groups in total. The third-order valence-corrected chi connectivity index (χ3v) is 3.36. The van der Waals surface area contributed by atoms with Gasteiger partial charge in [-0.25, -0.2) is 8.78 Å². The van der Waals surface area contributed by atoms with Crippen molar-refractivity contribution in [1.82, 2.24) is 4.90 Å². The fourth-order valence-electron chi connectivity index (χ4n) is 2.18. The van der Waals surface area contributed by atoms with Crippen LogP contribution in [0.4, 0.5) is 8.78 Å². The Hall–Kier alpha value is -0.960. The largest absolute Gasteiger partial charge is 0.296 e. The second-order valence-corrected chi connectivity index (χ2v) is 4.48. The number of likely N-dealkylation sites (tertiary alicyclic amines) is 1. The van der Waals surface area contributed by atoms with Gasteiger partial charge in [0.05, 0.1) is 0 Å². The van der Waals surface area contributed by atoms with Crippen LogP contribution in [-0.2, 0) is 0 Å². The van der Waals surface area contributed by atoms with E-state index in [2.05, 4.69) is 24.0 Å². The maximum absolute atomic E-state index is 13.0. The lowest BCUT2D eigenvalue weighted by Crippen LogP contribution is -2.40. The topological polar surface area (TPSA) is 3.24 Å². The Balaban J connectivity index is 2.00. The van der Waals surface area contributed by atoms with Gasteiger partial charge in [0.1, 0.15) is 0 Å². The van der Waals surface area contributed by atoms with Crippen LogP contribution in [0, 0.1) is 0 Å². The molecule has 88 valence electrons. The van der Waals surface area contributed by atoms with Gasteiger partial charge in [-0.1, -0.05) is 30.3 Å². The second-order valence-electron chi connectivity index (χ2n) is 4.48. The molecule has 16 heavy (non-hydrogen) atoms. The average molecular weight is 225 g/mol. The van der Waals surface area contributed by atoms with E-state index in [1.54, 1.807) is 0 Å². The first-order chi connectivity index (χ1) is 7.58. The maximum Gasteiger partial charge on any atom is 0.250 e. The Morgan fingerprint density at radius 3 is 2.25 bits per heavy atom. The van der Waals surface area contributed by atoms with Crippen LogP contribution in [0.2, 0.25) is 0 Å². The van der Waals surface area contributed by atoms with E-state index in [9.17, 15) is 8.78 Å². The zero-order valence-corrected chi connectivity index (χ0v) is 9.50. The number of hydrogen-bond donors (Lipinski definition) is 0. The van der Waals surface area contributed by atoms with E-state index in [0.29, 0.717) is 13.1 Å². The fraction of sp³-hybridized carbons (Fsp3) is 0.538. The number of piperidine rings is 1. The van der Waals surface area contributed by atoms with E-state index < -0.39 is 5.92 Å². The van der Waals surface area contributed by atoms with Crippen LogP contribution >= 0.6 is 0 Å². The monoisotopic (exact) mass is 225 g/mol.